The molecule has 8 nitrogen and oxygen atoms in total. The molecule has 3 aromatic rings. The van der Waals surface area contributed by atoms with Crippen LogP contribution in [0.5, 0.6) is 0 Å². The summed E-state index contributed by atoms with van der Waals surface area (Å²) >= 11 is 1.01. The van der Waals surface area contributed by atoms with Crippen molar-refractivity contribution >= 4 is 34.3 Å². The van der Waals surface area contributed by atoms with Crippen molar-refractivity contribution in [2.75, 3.05) is 49.5 Å². The largest absolute Gasteiger partial charge is 0.369 e. The summed E-state index contributed by atoms with van der Waals surface area (Å²) in [5.41, 5.74) is 2.75. The molecule has 0 radical (unpaired) electrons. The van der Waals surface area contributed by atoms with Gasteiger partial charge < -0.3 is 15.1 Å². The van der Waals surface area contributed by atoms with Gasteiger partial charge in [-0.2, -0.15) is 0 Å². The summed E-state index contributed by atoms with van der Waals surface area (Å²) in [5, 5.41) is 2.74. The van der Waals surface area contributed by atoms with Crippen molar-refractivity contribution in [3.8, 4) is 0 Å². The zero-order valence-electron chi connectivity index (χ0n) is 22.8. The van der Waals surface area contributed by atoms with Gasteiger partial charge in [-0.1, -0.05) is 30.3 Å². The number of fused-ring (bicyclic) bond motifs is 1. The topological polar surface area (TPSA) is 81.7 Å². The number of rotatable bonds is 7. The van der Waals surface area contributed by atoms with Gasteiger partial charge >= 0.3 is 0 Å². The van der Waals surface area contributed by atoms with Gasteiger partial charge in [0.15, 0.2) is 0 Å². The maximum absolute atomic E-state index is 14.5. The molecule has 0 aliphatic carbocycles. The molecule has 0 saturated carbocycles. The van der Waals surface area contributed by atoms with Gasteiger partial charge in [0.2, 0.25) is 11.0 Å². The van der Waals surface area contributed by atoms with Crippen LogP contribution in [0, 0.1) is 12.7 Å². The van der Waals surface area contributed by atoms with Crippen LogP contribution in [-0.4, -0.2) is 70.1 Å². The molecular weight excluding hydrogens is 527 g/mol. The van der Waals surface area contributed by atoms with E-state index in [1.807, 2.05) is 13.0 Å². The summed E-state index contributed by atoms with van der Waals surface area (Å²) in [6, 6.07) is 16.4. The van der Waals surface area contributed by atoms with E-state index in [-0.39, 0.29) is 23.1 Å². The first kappa shape index (κ1) is 27.8. The van der Waals surface area contributed by atoms with E-state index in [2.05, 4.69) is 49.4 Å². The SMILES string of the molecule is C/C(=C(\CCN1CCN(c2ccccc2)CC1)SC(=O)c1ccccc1F)N1Cc2cnc(C)nc2NCC1=O. The Bertz CT molecular complexity index is 1410. The Hall–Kier alpha value is -3.76. The van der Waals surface area contributed by atoms with Gasteiger partial charge in [-0.3, -0.25) is 14.5 Å². The average molecular weight is 561 g/mol. The number of halogens is 1. The van der Waals surface area contributed by atoms with E-state index in [1.54, 1.807) is 30.2 Å². The second kappa shape index (κ2) is 12.6. The maximum atomic E-state index is 14.5. The number of nitrogens with zero attached hydrogens (tertiary/aromatic N) is 5. The van der Waals surface area contributed by atoms with Crippen LogP contribution >= 0.6 is 11.8 Å². The van der Waals surface area contributed by atoms with Crippen molar-refractivity contribution in [2.24, 2.45) is 0 Å². The fourth-order valence-corrected chi connectivity index (χ4v) is 5.91. The zero-order chi connectivity index (χ0) is 28.1. The van der Waals surface area contributed by atoms with Crippen molar-refractivity contribution in [3.05, 3.63) is 94.2 Å². The van der Waals surface area contributed by atoms with E-state index >= 15 is 0 Å². The van der Waals surface area contributed by atoms with Crippen LogP contribution < -0.4 is 10.2 Å². The van der Waals surface area contributed by atoms with E-state index in [4.69, 9.17) is 0 Å². The summed E-state index contributed by atoms with van der Waals surface area (Å²) in [4.78, 5) is 42.4. The van der Waals surface area contributed by atoms with Crippen molar-refractivity contribution in [2.45, 2.75) is 26.8 Å². The Morgan fingerprint density at radius 1 is 1.05 bits per heavy atom. The summed E-state index contributed by atoms with van der Waals surface area (Å²) in [6.07, 6.45) is 2.30. The van der Waals surface area contributed by atoms with Crippen molar-refractivity contribution in [1.82, 2.24) is 19.8 Å². The van der Waals surface area contributed by atoms with E-state index in [9.17, 15) is 14.0 Å². The number of hydrogen-bond acceptors (Lipinski definition) is 8. The molecule has 1 N–H and O–H groups in total. The molecule has 1 fully saturated rings. The van der Waals surface area contributed by atoms with Crippen LogP contribution in [0.4, 0.5) is 15.9 Å². The smallest absolute Gasteiger partial charge is 0.246 e. The molecule has 0 unspecified atom stereocenters. The molecule has 0 bridgehead atoms. The minimum atomic E-state index is -0.550. The molecule has 0 spiro atoms. The normalized spacial score (nSPS) is 16.6. The molecule has 3 heterocycles. The Kier molecular flexibility index (Phi) is 8.76. The molecule has 0 atom stereocenters. The summed E-state index contributed by atoms with van der Waals surface area (Å²) < 4.78 is 14.5. The first-order valence-corrected chi connectivity index (χ1v) is 14.3. The lowest BCUT2D eigenvalue weighted by atomic mass is 10.2. The lowest BCUT2D eigenvalue weighted by Crippen LogP contribution is -2.46. The minimum Gasteiger partial charge on any atom is -0.369 e. The number of benzene rings is 2. The number of amides is 1. The number of carbonyl (C=O) groups is 2. The molecule has 10 heteroatoms. The van der Waals surface area contributed by atoms with Crippen LogP contribution in [0.1, 0.15) is 35.1 Å². The van der Waals surface area contributed by atoms with Crippen molar-refractivity contribution in [1.29, 1.82) is 0 Å². The maximum Gasteiger partial charge on any atom is 0.246 e. The highest BCUT2D eigenvalue weighted by Gasteiger charge is 2.27. The Morgan fingerprint density at radius 3 is 2.52 bits per heavy atom. The standard InChI is InChI=1S/C30H33FN6O2S/c1-21(37-20-23-18-32-22(2)34-29(23)33-19-28(37)38)27(40-30(39)25-10-6-7-11-26(25)31)12-13-35-14-16-36(17-15-35)24-8-4-3-5-9-24/h3-11,18H,12-17,19-20H2,1-2H3,(H,32,33,34)/b27-21-. The molecule has 2 aromatic carbocycles. The van der Waals surface area contributed by atoms with E-state index in [0.717, 1.165) is 55.0 Å². The molecule has 40 heavy (non-hydrogen) atoms. The van der Waals surface area contributed by atoms with Gasteiger partial charge in [-0.15, -0.1) is 0 Å². The summed E-state index contributed by atoms with van der Waals surface area (Å²) in [6.45, 7) is 8.39. The number of piperazine rings is 1. The van der Waals surface area contributed by atoms with E-state index in [0.29, 0.717) is 30.3 Å². The van der Waals surface area contributed by atoms with Gasteiger partial charge in [0, 0.05) is 60.8 Å². The van der Waals surface area contributed by atoms with Gasteiger partial charge in [0.25, 0.3) is 0 Å². The molecule has 1 saturated heterocycles. The monoisotopic (exact) mass is 560 g/mol. The number of thioether (sulfide) groups is 1. The van der Waals surface area contributed by atoms with E-state index in [1.165, 1.54) is 17.8 Å². The number of para-hydroxylation sites is 1. The highest BCUT2D eigenvalue weighted by atomic mass is 32.2. The summed E-state index contributed by atoms with van der Waals surface area (Å²) in [7, 11) is 0. The number of carbonyl (C=O) groups excluding carboxylic acids is 2. The van der Waals surface area contributed by atoms with Gasteiger partial charge in [-0.05, 0) is 56.3 Å². The van der Waals surface area contributed by atoms with E-state index < -0.39 is 5.82 Å². The van der Waals surface area contributed by atoms with Crippen LogP contribution in [-0.2, 0) is 11.3 Å². The number of nitrogens with one attached hydrogen (secondary N) is 1. The predicted molar refractivity (Wildman–Crippen MR) is 157 cm³/mol. The molecule has 2 aliphatic heterocycles. The number of aromatic nitrogens is 2. The molecule has 1 aromatic heterocycles. The van der Waals surface area contributed by atoms with Crippen LogP contribution in [0.3, 0.4) is 0 Å². The van der Waals surface area contributed by atoms with Crippen molar-refractivity contribution < 1.29 is 14.0 Å². The third-order valence-corrected chi connectivity index (χ3v) is 8.44. The molecule has 208 valence electrons. The number of hydrogen-bond donors (Lipinski definition) is 1. The molecule has 5 rings (SSSR count). The second-order valence-electron chi connectivity index (χ2n) is 9.92. The molecular formula is C30H33FN6O2S. The molecule has 2 aliphatic rings. The predicted octanol–water partition coefficient (Wildman–Crippen LogP) is 4.70. The fourth-order valence-electron chi connectivity index (χ4n) is 4.96. The average Bonchev–Trinajstić information content (AvgIpc) is 3.14. The quantitative estimate of drug-likeness (QED) is 0.446. The number of anilines is 2. The minimum absolute atomic E-state index is 0.0346. The van der Waals surface area contributed by atoms with Gasteiger partial charge in [-0.25, -0.2) is 14.4 Å². The Balaban J connectivity index is 1.35. The third kappa shape index (κ3) is 6.51. The highest BCUT2D eigenvalue weighted by Crippen LogP contribution is 2.32. The Morgan fingerprint density at radius 2 is 1.77 bits per heavy atom. The number of allylic oxidation sites excluding steroid dienone is 1. The second-order valence-corrected chi connectivity index (χ2v) is 11.0. The van der Waals surface area contributed by atoms with Crippen LogP contribution in [0.15, 0.2) is 71.4 Å². The van der Waals surface area contributed by atoms with Crippen LogP contribution in [0.2, 0.25) is 0 Å². The lowest BCUT2D eigenvalue weighted by Gasteiger charge is -2.36. The van der Waals surface area contributed by atoms with Gasteiger partial charge in [0.05, 0.1) is 18.7 Å². The summed E-state index contributed by atoms with van der Waals surface area (Å²) in [5.74, 6) is 0.592. The zero-order valence-corrected chi connectivity index (χ0v) is 23.6. The first-order valence-electron chi connectivity index (χ1n) is 13.4. The van der Waals surface area contributed by atoms with Gasteiger partial charge in [0.1, 0.15) is 17.5 Å². The molecule has 1 amide bonds. The first-order chi connectivity index (χ1) is 19.4. The lowest BCUT2D eigenvalue weighted by molar-refractivity contribution is -0.127. The van der Waals surface area contributed by atoms with Crippen LogP contribution in [0.25, 0.3) is 0 Å². The number of aryl methyl sites for hydroxylation is 1. The fraction of sp³-hybridized carbons (Fsp3) is 0.333. The highest BCUT2D eigenvalue weighted by molar-refractivity contribution is 8.17. The third-order valence-electron chi connectivity index (χ3n) is 7.29. The van der Waals surface area contributed by atoms with Crippen molar-refractivity contribution in [3.63, 3.8) is 0 Å². The Labute approximate surface area is 238 Å².